The minimum atomic E-state index is 0.444. The summed E-state index contributed by atoms with van der Waals surface area (Å²) in [6.45, 7) is 3.94. The first-order chi connectivity index (χ1) is 15.9. The molecule has 6 rings (SSSR count). The highest BCUT2D eigenvalue weighted by Crippen LogP contribution is 2.42. The number of rotatable bonds is 5. The van der Waals surface area contributed by atoms with Crippen LogP contribution in [0.15, 0.2) is 109 Å². The molecular formula is C29H27N3. The van der Waals surface area contributed by atoms with E-state index in [1.165, 1.54) is 33.9 Å². The summed E-state index contributed by atoms with van der Waals surface area (Å²) in [4.78, 5) is 7.50. The average Bonchev–Trinajstić information content (AvgIpc) is 3.43. The van der Waals surface area contributed by atoms with Crippen molar-refractivity contribution in [2.45, 2.75) is 5.92 Å². The van der Waals surface area contributed by atoms with Gasteiger partial charge in [-0.05, 0) is 41.5 Å². The van der Waals surface area contributed by atoms with Gasteiger partial charge in [-0.1, -0.05) is 78.9 Å². The van der Waals surface area contributed by atoms with Crippen LogP contribution in [0.3, 0.4) is 0 Å². The molecule has 0 bridgehead atoms. The lowest BCUT2D eigenvalue weighted by molar-refractivity contribution is 0.735. The lowest BCUT2D eigenvalue weighted by atomic mass is 9.93. The van der Waals surface area contributed by atoms with Crippen molar-refractivity contribution in [2.75, 3.05) is 41.0 Å². The van der Waals surface area contributed by atoms with E-state index in [-0.39, 0.29) is 0 Å². The zero-order valence-electron chi connectivity index (χ0n) is 18.1. The van der Waals surface area contributed by atoms with E-state index in [2.05, 4.69) is 124 Å². The van der Waals surface area contributed by atoms with E-state index in [0.717, 1.165) is 26.3 Å². The zero-order chi connectivity index (χ0) is 21.3. The van der Waals surface area contributed by atoms with Gasteiger partial charge in [0.15, 0.2) is 0 Å². The van der Waals surface area contributed by atoms with Crippen LogP contribution in [0.2, 0.25) is 0 Å². The number of benzene rings is 4. The van der Waals surface area contributed by atoms with Crippen LogP contribution >= 0.6 is 0 Å². The van der Waals surface area contributed by atoms with Crippen molar-refractivity contribution in [2.24, 2.45) is 0 Å². The number of fused-ring (bicyclic) bond motifs is 2. The van der Waals surface area contributed by atoms with Crippen LogP contribution in [0.5, 0.6) is 0 Å². The third-order valence-electron chi connectivity index (χ3n) is 6.79. The molecule has 0 N–H and O–H groups in total. The van der Waals surface area contributed by atoms with E-state index in [9.17, 15) is 0 Å². The normalized spacial score (nSPS) is 16.9. The largest absolute Gasteiger partial charge is 0.369 e. The summed E-state index contributed by atoms with van der Waals surface area (Å²) < 4.78 is 0. The van der Waals surface area contributed by atoms with E-state index in [0.29, 0.717) is 5.92 Å². The number of anilines is 4. The molecule has 2 aliphatic heterocycles. The maximum atomic E-state index is 2.57. The van der Waals surface area contributed by atoms with Crippen molar-refractivity contribution in [1.82, 2.24) is 0 Å². The Bertz CT molecular complexity index is 1110. The van der Waals surface area contributed by atoms with Crippen molar-refractivity contribution in [1.29, 1.82) is 0 Å². The fraction of sp³-hybridized carbons (Fsp3) is 0.172. The summed E-state index contributed by atoms with van der Waals surface area (Å²) in [6.07, 6.45) is 0. The molecule has 0 amide bonds. The molecule has 0 saturated carbocycles. The molecule has 4 aromatic rings. The molecule has 1 unspecified atom stereocenters. The number of nitrogens with zero attached hydrogens (tertiary/aromatic N) is 3. The van der Waals surface area contributed by atoms with E-state index in [1.54, 1.807) is 0 Å². The van der Waals surface area contributed by atoms with Crippen molar-refractivity contribution in [3.8, 4) is 0 Å². The smallest absolute Gasteiger partial charge is 0.0953 e. The summed E-state index contributed by atoms with van der Waals surface area (Å²) in [6, 6.07) is 39.3. The molecule has 2 aliphatic rings. The third kappa shape index (κ3) is 3.31. The summed E-state index contributed by atoms with van der Waals surface area (Å²) in [7, 11) is 0. The maximum absolute atomic E-state index is 2.57. The average molecular weight is 418 g/mol. The predicted octanol–water partition coefficient (Wildman–Crippen LogP) is 6.25. The lowest BCUT2D eigenvalue weighted by Gasteiger charge is -2.26. The first kappa shape index (κ1) is 19.0. The second kappa shape index (κ2) is 8.08. The summed E-state index contributed by atoms with van der Waals surface area (Å²) in [5, 5.41) is 0. The van der Waals surface area contributed by atoms with Crippen LogP contribution < -0.4 is 14.7 Å². The van der Waals surface area contributed by atoms with Gasteiger partial charge in [0.25, 0.3) is 0 Å². The molecule has 0 radical (unpaired) electrons. The standard InChI is InChI=1S/C29H27N3/c1-3-11-23(12-4-1)26-21-30(27-16-8-7-15-25(26)27)19-20-31-22-32(24-13-5-2-6-14-24)29-18-10-9-17-28(29)31/h1-18,26H,19-22H2. The Morgan fingerprint density at radius 2 is 1.16 bits per heavy atom. The van der Waals surface area contributed by atoms with Gasteiger partial charge >= 0.3 is 0 Å². The lowest BCUT2D eigenvalue weighted by Crippen LogP contribution is -2.36. The van der Waals surface area contributed by atoms with Gasteiger partial charge < -0.3 is 14.7 Å². The molecule has 1 atom stereocenters. The predicted molar refractivity (Wildman–Crippen MR) is 134 cm³/mol. The Hall–Kier alpha value is -3.72. The SMILES string of the molecule is c1ccc(C2CN(CCN3CN(c4ccccc4)c4ccccc43)c3ccccc32)cc1. The first-order valence-corrected chi connectivity index (χ1v) is 11.4. The number of para-hydroxylation sites is 4. The van der Waals surface area contributed by atoms with Gasteiger partial charge in [-0.15, -0.1) is 0 Å². The van der Waals surface area contributed by atoms with Gasteiger partial charge in [-0.25, -0.2) is 0 Å². The number of hydrogen-bond acceptors (Lipinski definition) is 3. The highest BCUT2D eigenvalue weighted by Gasteiger charge is 2.31. The van der Waals surface area contributed by atoms with Crippen molar-refractivity contribution in [3.05, 3.63) is 120 Å². The second-order valence-electron chi connectivity index (χ2n) is 8.63. The topological polar surface area (TPSA) is 9.72 Å². The molecule has 2 heterocycles. The van der Waals surface area contributed by atoms with E-state index in [4.69, 9.17) is 0 Å². The summed E-state index contributed by atoms with van der Waals surface area (Å²) >= 11 is 0. The second-order valence-corrected chi connectivity index (χ2v) is 8.63. The molecule has 0 fully saturated rings. The van der Waals surface area contributed by atoms with E-state index >= 15 is 0 Å². The third-order valence-corrected chi connectivity index (χ3v) is 6.79. The van der Waals surface area contributed by atoms with Gasteiger partial charge in [0.05, 0.1) is 18.0 Å². The van der Waals surface area contributed by atoms with E-state index < -0.39 is 0 Å². The quantitative estimate of drug-likeness (QED) is 0.380. The molecule has 32 heavy (non-hydrogen) atoms. The van der Waals surface area contributed by atoms with Gasteiger partial charge in [-0.2, -0.15) is 0 Å². The van der Waals surface area contributed by atoms with E-state index in [1.807, 2.05) is 0 Å². The Labute approximate surface area is 190 Å². The Kier molecular flexibility index (Phi) is 4.80. The Morgan fingerprint density at radius 3 is 1.94 bits per heavy atom. The van der Waals surface area contributed by atoms with Crippen LogP contribution in [-0.4, -0.2) is 26.3 Å². The van der Waals surface area contributed by atoms with Crippen LogP contribution in [0, 0.1) is 0 Å². The van der Waals surface area contributed by atoms with Crippen molar-refractivity contribution < 1.29 is 0 Å². The van der Waals surface area contributed by atoms with Crippen molar-refractivity contribution in [3.63, 3.8) is 0 Å². The fourth-order valence-corrected chi connectivity index (χ4v) is 5.21. The summed E-state index contributed by atoms with van der Waals surface area (Å²) in [5.41, 5.74) is 8.11. The molecule has 4 aromatic carbocycles. The molecular weight excluding hydrogens is 390 g/mol. The molecule has 0 aliphatic carbocycles. The van der Waals surface area contributed by atoms with Crippen LogP contribution in [0.1, 0.15) is 17.0 Å². The molecule has 3 nitrogen and oxygen atoms in total. The minimum absolute atomic E-state index is 0.444. The highest BCUT2D eigenvalue weighted by molar-refractivity contribution is 5.82. The molecule has 0 spiro atoms. The monoisotopic (exact) mass is 417 g/mol. The van der Waals surface area contributed by atoms with Crippen molar-refractivity contribution >= 4 is 22.7 Å². The first-order valence-electron chi connectivity index (χ1n) is 11.4. The highest BCUT2D eigenvalue weighted by atomic mass is 15.4. The summed E-state index contributed by atoms with van der Waals surface area (Å²) in [5.74, 6) is 0.444. The molecule has 0 saturated heterocycles. The molecule has 3 heteroatoms. The van der Waals surface area contributed by atoms with Gasteiger partial charge in [0.2, 0.25) is 0 Å². The Morgan fingerprint density at radius 1 is 0.562 bits per heavy atom. The zero-order valence-corrected chi connectivity index (χ0v) is 18.1. The molecule has 158 valence electrons. The fourth-order valence-electron chi connectivity index (χ4n) is 5.21. The van der Waals surface area contributed by atoms with Crippen LogP contribution in [0.4, 0.5) is 22.7 Å². The number of hydrogen-bond donors (Lipinski definition) is 0. The van der Waals surface area contributed by atoms with Gasteiger partial charge in [0.1, 0.15) is 0 Å². The maximum Gasteiger partial charge on any atom is 0.0953 e. The Balaban J connectivity index is 1.23. The van der Waals surface area contributed by atoms with Crippen LogP contribution in [0.25, 0.3) is 0 Å². The van der Waals surface area contributed by atoms with Crippen LogP contribution in [-0.2, 0) is 0 Å². The minimum Gasteiger partial charge on any atom is -0.369 e. The van der Waals surface area contributed by atoms with Gasteiger partial charge in [0, 0.05) is 36.9 Å². The van der Waals surface area contributed by atoms with Gasteiger partial charge in [-0.3, -0.25) is 0 Å². The molecule has 0 aromatic heterocycles.